The van der Waals surface area contributed by atoms with Crippen molar-refractivity contribution in [2.75, 3.05) is 5.32 Å². The molecule has 0 spiro atoms. The Morgan fingerprint density at radius 1 is 1.44 bits per heavy atom. The Labute approximate surface area is 109 Å². The van der Waals surface area contributed by atoms with Gasteiger partial charge in [0, 0.05) is 11.1 Å². The number of rotatable bonds is 4. The lowest BCUT2D eigenvalue weighted by molar-refractivity contribution is 0.598. The van der Waals surface area contributed by atoms with Crippen molar-refractivity contribution in [1.29, 1.82) is 0 Å². The SMILES string of the molecule is Cc1ccc(S(N)(=O)=O)cc1NCc1csnn1. The summed E-state index contributed by atoms with van der Waals surface area (Å²) in [6, 6.07) is 4.71. The van der Waals surface area contributed by atoms with Crippen LogP contribution < -0.4 is 10.5 Å². The van der Waals surface area contributed by atoms with E-state index in [2.05, 4.69) is 14.9 Å². The van der Waals surface area contributed by atoms with Crippen LogP contribution in [0.5, 0.6) is 0 Å². The lowest BCUT2D eigenvalue weighted by atomic mass is 10.2. The Morgan fingerprint density at radius 3 is 2.83 bits per heavy atom. The molecular weight excluding hydrogens is 272 g/mol. The second-order valence-electron chi connectivity index (χ2n) is 3.77. The highest BCUT2D eigenvalue weighted by Gasteiger charge is 2.10. The van der Waals surface area contributed by atoms with Crippen LogP contribution in [0.3, 0.4) is 0 Å². The maximum Gasteiger partial charge on any atom is 0.238 e. The molecule has 18 heavy (non-hydrogen) atoms. The Morgan fingerprint density at radius 2 is 2.22 bits per heavy atom. The van der Waals surface area contributed by atoms with Crippen molar-refractivity contribution < 1.29 is 8.42 Å². The first-order valence-electron chi connectivity index (χ1n) is 5.10. The molecular formula is C10H12N4O2S2. The van der Waals surface area contributed by atoms with Gasteiger partial charge in [0.25, 0.3) is 0 Å². The number of sulfonamides is 1. The van der Waals surface area contributed by atoms with Gasteiger partial charge in [0.1, 0.15) is 0 Å². The molecule has 0 aliphatic rings. The van der Waals surface area contributed by atoms with Crippen molar-refractivity contribution in [3.63, 3.8) is 0 Å². The van der Waals surface area contributed by atoms with Gasteiger partial charge in [-0.25, -0.2) is 13.6 Å². The van der Waals surface area contributed by atoms with Crippen LogP contribution in [-0.4, -0.2) is 18.0 Å². The Kier molecular flexibility index (Phi) is 3.60. The molecule has 96 valence electrons. The van der Waals surface area contributed by atoms with Gasteiger partial charge in [0.05, 0.1) is 17.1 Å². The van der Waals surface area contributed by atoms with E-state index in [1.165, 1.54) is 23.7 Å². The van der Waals surface area contributed by atoms with Gasteiger partial charge in [-0.15, -0.1) is 5.10 Å². The van der Waals surface area contributed by atoms with Gasteiger partial charge in [0.2, 0.25) is 10.0 Å². The highest BCUT2D eigenvalue weighted by molar-refractivity contribution is 7.89. The zero-order valence-corrected chi connectivity index (χ0v) is 11.3. The average Bonchev–Trinajstić information content (AvgIpc) is 2.79. The van der Waals surface area contributed by atoms with Gasteiger partial charge in [0.15, 0.2) is 0 Å². The molecule has 2 aromatic rings. The van der Waals surface area contributed by atoms with Gasteiger partial charge in [-0.2, -0.15) is 0 Å². The van der Waals surface area contributed by atoms with E-state index in [-0.39, 0.29) is 4.90 Å². The summed E-state index contributed by atoms with van der Waals surface area (Å²) in [4.78, 5) is 0.0898. The van der Waals surface area contributed by atoms with Gasteiger partial charge in [-0.1, -0.05) is 10.6 Å². The zero-order chi connectivity index (χ0) is 13.2. The van der Waals surface area contributed by atoms with Gasteiger partial charge in [-0.05, 0) is 36.2 Å². The smallest absolute Gasteiger partial charge is 0.238 e. The second kappa shape index (κ2) is 5.01. The third-order valence-electron chi connectivity index (χ3n) is 2.40. The van der Waals surface area contributed by atoms with Crippen LogP contribution in [0.2, 0.25) is 0 Å². The monoisotopic (exact) mass is 284 g/mol. The van der Waals surface area contributed by atoms with Crippen LogP contribution in [0, 0.1) is 6.92 Å². The van der Waals surface area contributed by atoms with Crippen LogP contribution in [-0.2, 0) is 16.6 Å². The minimum absolute atomic E-state index is 0.0898. The number of benzene rings is 1. The van der Waals surface area contributed by atoms with Crippen molar-refractivity contribution in [3.05, 3.63) is 34.8 Å². The lowest BCUT2D eigenvalue weighted by Gasteiger charge is -2.09. The summed E-state index contributed by atoms with van der Waals surface area (Å²) < 4.78 is 26.3. The zero-order valence-electron chi connectivity index (χ0n) is 9.62. The Balaban J connectivity index is 2.22. The normalized spacial score (nSPS) is 11.4. The molecule has 0 saturated heterocycles. The van der Waals surface area contributed by atoms with Gasteiger partial charge in [-0.3, -0.25) is 0 Å². The quantitative estimate of drug-likeness (QED) is 0.876. The summed E-state index contributed by atoms with van der Waals surface area (Å²) in [7, 11) is -3.68. The van der Waals surface area contributed by atoms with Gasteiger partial charge >= 0.3 is 0 Å². The van der Waals surface area contributed by atoms with E-state index in [9.17, 15) is 8.42 Å². The molecule has 6 nitrogen and oxygen atoms in total. The summed E-state index contributed by atoms with van der Waals surface area (Å²) in [5.41, 5.74) is 2.46. The first-order chi connectivity index (χ1) is 8.47. The van der Waals surface area contributed by atoms with E-state index in [1.807, 2.05) is 12.3 Å². The summed E-state index contributed by atoms with van der Waals surface area (Å²) >= 11 is 1.27. The van der Waals surface area contributed by atoms with Crippen LogP contribution in [0.4, 0.5) is 5.69 Å². The van der Waals surface area contributed by atoms with E-state index >= 15 is 0 Å². The molecule has 0 radical (unpaired) electrons. The first kappa shape index (κ1) is 12.9. The fourth-order valence-electron chi connectivity index (χ4n) is 1.42. The maximum atomic E-state index is 11.3. The molecule has 1 aromatic carbocycles. The summed E-state index contributed by atoms with van der Waals surface area (Å²) in [6.45, 7) is 2.37. The molecule has 1 aromatic heterocycles. The first-order valence-corrected chi connectivity index (χ1v) is 7.48. The van der Waals surface area contributed by atoms with Gasteiger partial charge < -0.3 is 5.32 Å². The molecule has 3 N–H and O–H groups in total. The molecule has 0 aliphatic carbocycles. The third kappa shape index (κ3) is 3.03. The van der Waals surface area contributed by atoms with Crippen molar-refractivity contribution in [1.82, 2.24) is 9.59 Å². The standard InChI is InChI=1S/C10H12N4O2S2/c1-7-2-3-9(18(11,15)16)4-10(7)12-5-8-6-17-14-13-8/h2-4,6,12H,5H2,1H3,(H2,11,15,16). The van der Waals surface area contributed by atoms with Crippen molar-refractivity contribution in [3.8, 4) is 0 Å². The molecule has 0 amide bonds. The number of aromatic nitrogens is 2. The molecule has 0 atom stereocenters. The van der Waals surface area contributed by atoms with Crippen molar-refractivity contribution >= 4 is 27.2 Å². The molecule has 1 heterocycles. The lowest BCUT2D eigenvalue weighted by Crippen LogP contribution is -2.13. The molecule has 0 fully saturated rings. The minimum Gasteiger partial charge on any atom is -0.379 e. The predicted octanol–water partition coefficient (Wildman–Crippen LogP) is 1.11. The Bertz CT molecular complexity index is 638. The number of hydrogen-bond acceptors (Lipinski definition) is 6. The summed E-state index contributed by atoms with van der Waals surface area (Å²) in [5, 5.41) is 13.9. The predicted molar refractivity (Wildman–Crippen MR) is 69.8 cm³/mol. The molecule has 0 saturated carbocycles. The second-order valence-corrected chi connectivity index (χ2v) is 5.94. The van der Waals surface area contributed by atoms with E-state index < -0.39 is 10.0 Å². The van der Waals surface area contributed by atoms with Crippen LogP contribution in [0.15, 0.2) is 28.5 Å². The largest absolute Gasteiger partial charge is 0.379 e. The number of aryl methyl sites for hydroxylation is 1. The van der Waals surface area contributed by atoms with Crippen LogP contribution >= 0.6 is 11.5 Å². The number of nitrogens with one attached hydrogen (secondary N) is 1. The molecule has 0 aliphatic heterocycles. The molecule has 8 heteroatoms. The number of nitrogens with two attached hydrogens (primary N) is 1. The minimum atomic E-state index is -3.68. The van der Waals surface area contributed by atoms with E-state index in [4.69, 9.17) is 5.14 Å². The molecule has 0 unspecified atom stereocenters. The average molecular weight is 284 g/mol. The van der Waals surface area contributed by atoms with E-state index in [0.717, 1.165) is 16.9 Å². The third-order valence-corrected chi connectivity index (χ3v) is 3.87. The Hall–Kier alpha value is -1.51. The van der Waals surface area contributed by atoms with Crippen molar-refractivity contribution in [2.24, 2.45) is 5.14 Å². The number of hydrogen-bond donors (Lipinski definition) is 2. The van der Waals surface area contributed by atoms with E-state index in [1.54, 1.807) is 6.07 Å². The molecule has 0 bridgehead atoms. The number of primary sulfonamides is 1. The number of anilines is 1. The maximum absolute atomic E-state index is 11.3. The summed E-state index contributed by atoms with van der Waals surface area (Å²) in [6.07, 6.45) is 0. The molecule has 2 rings (SSSR count). The summed E-state index contributed by atoms with van der Waals surface area (Å²) in [5.74, 6) is 0. The van der Waals surface area contributed by atoms with E-state index in [0.29, 0.717) is 6.54 Å². The highest BCUT2D eigenvalue weighted by atomic mass is 32.2. The topological polar surface area (TPSA) is 98.0 Å². The van der Waals surface area contributed by atoms with Crippen LogP contribution in [0.1, 0.15) is 11.3 Å². The fourth-order valence-corrected chi connectivity index (χ4v) is 2.41. The number of nitrogens with zero attached hydrogens (tertiary/aromatic N) is 2. The highest BCUT2D eigenvalue weighted by Crippen LogP contribution is 2.20. The fraction of sp³-hybridized carbons (Fsp3) is 0.200. The van der Waals surface area contributed by atoms with Crippen molar-refractivity contribution in [2.45, 2.75) is 18.4 Å². The van der Waals surface area contributed by atoms with Crippen LogP contribution in [0.25, 0.3) is 0 Å².